The number of hydrogen-bond donors (Lipinski definition) is 0. The molecule has 0 atom stereocenters. The Balaban J connectivity index is 1.15. The van der Waals surface area contributed by atoms with Crippen LogP contribution in [0.3, 0.4) is 0 Å². The zero-order valence-electron chi connectivity index (χ0n) is 35.9. The largest absolute Gasteiger partial charge is 0.310 e. The van der Waals surface area contributed by atoms with E-state index in [1.54, 1.807) is 0 Å². The highest BCUT2D eigenvalue weighted by molar-refractivity contribution is 8.00. The molecular formula is C57H45BN2S2. The van der Waals surface area contributed by atoms with E-state index in [1.807, 2.05) is 23.5 Å². The van der Waals surface area contributed by atoms with Gasteiger partial charge in [-0.05, 0) is 110 Å². The van der Waals surface area contributed by atoms with Gasteiger partial charge in [-0.25, -0.2) is 0 Å². The highest BCUT2D eigenvalue weighted by Crippen LogP contribution is 2.59. The topological polar surface area (TPSA) is 6.48 Å². The Kier molecular flexibility index (Phi) is 7.48. The van der Waals surface area contributed by atoms with Crippen molar-refractivity contribution < 1.29 is 0 Å². The van der Waals surface area contributed by atoms with Crippen LogP contribution < -0.4 is 26.2 Å². The first-order chi connectivity index (χ1) is 30.0. The number of para-hydroxylation sites is 1. The Labute approximate surface area is 374 Å². The quantitative estimate of drug-likeness (QED) is 0.160. The van der Waals surface area contributed by atoms with Crippen molar-refractivity contribution in [1.29, 1.82) is 0 Å². The minimum Gasteiger partial charge on any atom is -0.310 e. The van der Waals surface area contributed by atoms with E-state index in [1.165, 1.54) is 103 Å². The van der Waals surface area contributed by atoms with Crippen molar-refractivity contribution in [1.82, 2.24) is 0 Å². The fourth-order valence-electron chi connectivity index (χ4n) is 11.7. The monoisotopic (exact) mass is 832 g/mol. The normalized spacial score (nSPS) is 17.0. The average molecular weight is 833 g/mol. The molecular weight excluding hydrogens is 788 g/mol. The highest BCUT2D eigenvalue weighted by atomic mass is 32.2. The molecule has 0 N–H and O–H groups in total. The average Bonchev–Trinajstić information content (AvgIpc) is 3.29. The van der Waals surface area contributed by atoms with Gasteiger partial charge in [0.1, 0.15) is 0 Å². The first-order valence-corrected chi connectivity index (χ1v) is 23.6. The molecule has 8 aromatic carbocycles. The first-order valence-electron chi connectivity index (χ1n) is 22.0. The van der Waals surface area contributed by atoms with Crippen LogP contribution in [0.25, 0.3) is 11.1 Å². The summed E-state index contributed by atoms with van der Waals surface area (Å²) in [6.45, 7) is 14.6. The van der Waals surface area contributed by atoms with Gasteiger partial charge < -0.3 is 9.80 Å². The van der Waals surface area contributed by atoms with Gasteiger partial charge in [0, 0.05) is 58.6 Å². The lowest BCUT2D eigenvalue weighted by Crippen LogP contribution is -2.60. The zero-order chi connectivity index (χ0) is 41.9. The molecule has 298 valence electrons. The maximum absolute atomic E-state index is 2.65. The summed E-state index contributed by atoms with van der Waals surface area (Å²) in [5, 5.41) is 0. The van der Waals surface area contributed by atoms with Crippen molar-refractivity contribution in [3.8, 4) is 11.1 Å². The number of fused-ring (bicyclic) bond motifs is 8. The van der Waals surface area contributed by atoms with Crippen LogP contribution in [-0.2, 0) is 16.2 Å². The predicted octanol–water partition coefficient (Wildman–Crippen LogP) is 13.7. The van der Waals surface area contributed by atoms with E-state index < -0.39 is 0 Å². The molecule has 0 saturated heterocycles. The van der Waals surface area contributed by atoms with Gasteiger partial charge in [0.2, 0.25) is 6.71 Å². The summed E-state index contributed by atoms with van der Waals surface area (Å²) >= 11 is 3.93. The van der Waals surface area contributed by atoms with Gasteiger partial charge in [0.25, 0.3) is 0 Å². The molecule has 0 unspecified atom stereocenters. The molecule has 4 bridgehead atoms. The standard InChI is InChI=1S/C57H45BN2S2/c1-55(2)38-21-13-14-22-39(38)56(3,4)43-33-50-45(32-42(43)55)58-44-28-27-37-31-48(44)60(49-29-35(30-51(61-50)52(49)58)34-17-9-7-10-18-34)47-26-16-24-41-54(47)62-53-40(57(41,5)6)23-15-25-46(53)59(37)36-19-11-8-12-20-36/h7-33H,1-6H3. The SMILES string of the molecule is CC1(C)c2ccccc2C(C)(C)c2cc3c(cc21)Sc1cc(-c2ccccc2)cc2c1B3c1ccc3cc1N2c1cccc2c1Sc1c(cccc1C2(C)C)N3c1ccccc1. The Bertz CT molecular complexity index is 3240. The number of rotatable bonds is 2. The van der Waals surface area contributed by atoms with Gasteiger partial charge in [-0.2, -0.15) is 0 Å². The van der Waals surface area contributed by atoms with Gasteiger partial charge in [0.05, 0.1) is 11.4 Å². The molecule has 13 rings (SSSR count). The lowest BCUT2D eigenvalue weighted by molar-refractivity contribution is 0.520. The van der Waals surface area contributed by atoms with Gasteiger partial charge in [-0.15, -0.1) is 0 Å². The summed E-state index contributed by atoms with van der Waals surface area (Å²) in [6.07, 6.45) is 0. The molecule has 62 heavy (non-hydrogen) atoms. The Morgan fingerprint density at radius 1 is 0.371 bits per heavy atom. The van der Waals surface area contributed by atoms with Gasteiger partial charge in [0.15, 0.2) is 0 Å². The number of benzene rings is 8. The van der Waals surface area contributed by atoms with Gasteiger partial charge in [-0.1, -0.05) is 180 Å². The van der Waals surface area contributed by atoms with Crippen molar-refractivity contribution in [2.75, 3.05) is 9.80 Å². The third-order valence-electron chi connectivity index (χ3n) is 14.9. The molecule has 0 fully saturated rings. The van der Waals surface area contributed by atoms with Crippen molar-refractivity contribution in [3.63, 3.8) is 0 Å². The second-order valence-electron chi connectivity index (χ2n) is 19.3. The molecule has 4 aliphatic heterocycles. The summed E-state index contributed by atoms with van der Waals surface area (Å²) in [4.78, 5) is 10.5. The summed E-state index contributed by atoms with van der Waals surface area (Å²) < 4.78 is 0. The Morgan fingerprint density at radius 2 is 0.952 bits per heavy atom. The molecule has 0 aromatic heterocycles. The van der Waals surface area contributed by atoms with E-state index in [-0.39, 0.29) is 23.0 Å². The van der Waals surface area contributed by atoms with Crippen molar-refractivity contribution in [3.05, 3.63) is 197 Å². The minimum atomic E-state index is -0.212. The highest BCUT2D eigenvalue weighted by Gasteiger charge is 2.48. The fraction of sp³-hybridized carbons (Fsp3) is 0.158. The van der Waals surface area contributed by atoms with E-state index in [4.69, 9.17) is 0 Å². The molecule has 0 radical (unpaired) electrons. The zero-order valence-corrected chi connectivity index (χ0v) is 37.5. The van der Waals surface area contributed by atoms with Crippen LogP contribution in [0.1, 0.15) is 74.9 Å². The smallest absolute Gasteiger partial charge is 0.249 e. The molecule has 0 spiro atoms. The maximum atomic E-state index is 2.65. The van der Waals surface area contributed by atoms with Crippen LogP contribution in [-0.4, -0.2) is 6.71 Å². The van der Waals surface area contributed by atoms with E-state index >= 15 is 0 Å². The second-order valence-corrected chi connectivity index (χ2v) is 21.4. The predicted molar refractivity (Wildman–Crippen MR) is 263 cm³/mol. The molecule has 4 heterocycles. The molecule has 8 aromatic rings. The Morgan fingerprint density at radius 3 is 1.63 bits per heavy atom. The minimum absolute atomic E-state index is 0.0541. The van der Waals surface area contributed by atoms with E-state index in [0.717, 1.165) is 11.4 Å². The number of nitrogens with zero attached hydrogens (tertiary/aromatic N) is 2. The van der Waals surface area contributed by atoms with Crippen LogP contribution in [0, 0.1) is 0 Å². The molecule has 2 nitrogen and oxygen atoms in total. The lowest BCUT2D eigenvalue weighted by Gasteiger charge is -2.46. The van der Waals surface area contributed by atoms with Crippen LogP contribution in [0.2, 0.25) is 0 Å². The molecule has 0 saturated carbocycles. The summed E-state index contributed by atoms with van der Waals surface area (Å²) in [7, 11) is 0. The maximum Gasteiger partial charge on any atom is 0.249 e. The van der Waals surface area contributed by atoms with E-state index in [9.17, 15) is 0 Å². The van der Waals surface area contributed by atoms with E-state index in [0.29, 0.717) is 0 Å². The number of anilines is 6. The molecule has 1 aliphatic carbocycles. The summed E-state index contributed by atoms with van der Waals surface area (Å²) in [5.74, 6) is 0. The van der Waals surface area contributed by atoms with Crippen LogP contribution in [0.15, 0.2) is 183 Å². The third kappa shape index (κ3) is 4.81. The fourth-order valence-corrected chi connectivity index (χ4v) is 14.5. The van der Waals surface area contributed by atoms with Crippen molar-refractivity contribution in [2.45, 2.75) is 77.4 Å². The lowest BCUT2D eigenvalue weighted by atomic mass is 9.34. The van der Waals surface area contributed by atoms with Gasteiger partial charge >= 0.3 is 0 Å². The summed E-state index contributed by atoms with van der Waals surface area (Å²) in [6, 6.07) is 62.7. The third-order valence-corrected chi connectivity index (χ3v) is 17.3. The summed E-state index contributed by atoms with van der Waals surface area (Å²) in [5.41, 5.74) is 22.0. The van der Waals surface area contributed by atoms with Gasteiger partial charge in [-0.3, -0.25) is 0 Å². The Hall–Kier alpha value is -5.88. The molecule has 0 amide bonds. The van der Waals surface area contributed by atoms with Crippen molar-refractivity contribution >= 4 is 80.7 Å². The van der Waals surface area contributed by atoms with E-state index in [2.05, 4.69) is 215 Å². The van der Waals surface area contributed by atoms with Crippen LogP contribution in [0.5, 0.6) is 0 Å². The number of hydrogen-bond acceptors (Lipinski definition) is 4. The van der Waals surface area contributed by atoms with Crippen LogP contribution in [0.4, 0.5) is 34.1 Å². The molecule has 5 aliphatic rings. The van der Waals surface area contributed by atoms with Crippen LogP contribution >= 0.6 is 23.5 Å². The van der Waals surface area contributed by atoms with Crippen molar-refractivity contribution in [2.24, 2.45) is 0 Å². The first kappa shape index (κ1) is 36.7. The molecule has 5 heteroatoms. The second kappa shape index (κ2) is 12.6.